The third kappa shape index (κ3) is 3.53. The number of aromatic nitrogens is 6. The third-order valence-electron chi connectivity index (χ3n) is 5.35. The van der Waals surface area contributed by atoms with Crippen LogP contribution in [-0.2, 0) is 13.6 Å². The molecule has 0 aliphatic heterocycles. The first-order chi connectivity index (χ1) is 15.9. The maximum absolute atomic E-state index is 13.8. The molecule has 0 saturated carbocycles. The summed E-state index contributed by atoms with van der Waals surface area (Å²) in [6, 6.07) is 7.57. The molecule has 168 valence electrons. The van der Waals surface area contributed by atoms with Crippen molar-refractivity contribution < 1.29 is 9.78 Å². The van der Waals surface area contributed by atoms with E-state index in [1.165, 1.54) is 36.5 Å². The molecule has 11 heteroatoms. The van der Waals surface area contributed by atoms with E-state index < -0.39 is 11.2 Å². The molecular formula is C22H21N6O3S2+. The van der Waals surface area contributed by atoms with Crippen molar-refractivity contribution in [3.8, 4) is 0 Å². The Hall–Kier alpha value is -3.44. The Bertz CT molecular complexity index is 1620. The molecular weight excluding hydrogens is 460 g/mol. The lowest BCUT2D eigenvalue weighted by Crippen LogP contribution is -2.38. The second kappa shape index (κ2) is 8.16. The van der Waals surface area contributed by atoms with Crippen molar-refractivity contribution >= 4 is 50.0 Å². The summed E-state index contributed by atoms with van der Waals surface area (Å²) in [5.74, 6) is -0.0309. The minimum atomic E-state index is -0.425. The number of aromatic amines is 3. The van der Waals surface area contributed by atoms with Gasteiger partial charge in [0.25, 0.3) is 17.0 Å². The number of hydrogen-bond acceptors (Lipinski definition) is 6. The van der Waals surface area contributed by atoms with E-state index in [4.69, 9.17) is 0 Å². The molecule has 0 fully saturated rings. The Morgan fingerprint density at radius 1 is 1.27 bits per heavy atom. The zero-order chi connectivity index (χ0) is 23.3. The van der Waals surface area contributed by atoms with Gasteiger partial charge in [0, 0.05) is 41.4 Å². The fourth-order valence-electron chi connectivity index (χ4n) is 3.83. The maximum atomic E-state index is 13.8. The fraction of sp³-hybridized carbons (Fsp3) is 0.227. The van der Waals surface area contributed by atoms with Gasteiger partial charge >= 0.3 is 5.69 Å². The zero-order valence-electron chi connectivity index (χ0n) is 18.1. The molecule has 0 bridgehead atoms. The van der Waals surface area contributed by atoms with Crippen LogP contribution in [0.15, 0.2) is 56.4 Å². The van der Waals surface area contributed by atoms with Crippen LogP contribution in [0.2, 0.25) is 0 Å². The van der Waals surface area contributed by atoms with Gasteiger partial charge in [0.05, 0.1) is 15.2 Å². The SMILES string of the molecule is CC(C)Cn1c(=O)n(C)c(=O)c2c(Sc3[nH]nc[nH+]3)c(C(=O)c3c[nH]c4ccccc34)sc21. The van der Waals surface area contributed by atoms with E-state index in [9.17, 15) is 14.4 Å². The molecule has 1 aromatic carbocycles. The van der Waals surface area contributed by atoms with Crippen LogP contribution in [-0.4, -0.2) is 30.1 Å². The first kappa shape index (κ1) is 21.4. The Morgan fingerprint density at radius 3 is 2.79 bits per heavy atom. The van der Waals surface area contributed by atoms with Crippen LogP contribution >= 0.6 is 23.1 Å². The molecule has 0 atom stereocenters. The number of fused-ring (bicyclic) bond motifs is 2. The second-order valence-corrected chi connectivity index (χ2v) is 10.1. The van der Waals surface area contributed by atoms with Gasteiger partial charge < -0.3 is 4.98 Å². The average molecular weight is 482 g/mol. The van der Waals surface area contributed by atoms with Gasteiger partial charge in [-0.1, -0.05) is 32.0 Å². The number of thiophene rings is 1. The van der Waals surface area contributed by atoms with Gasteiger partial charge in [0.1, 0.15) is 4.83 Å². The minimum absolute atomic E-state index is 0.176. The molecule has 5 rings (SSSR count). The molecule has 0 radical (unpaired) electrons. The Balaban J connectivity index is 1.82. The lowest BCUT2D eigenvalue weighted by Gasteiger charge is -2.11. The number of para-hydroxylation sites is 1. The van der Waals surface area contributed by atoms with Crippen molar-refractivity contribution in [2.75, 3.05) is 0 Å². The third-order valence-corrected chi connectivity index (χ3v) is 7.71. The van der Waals surface area contributed by atoms with Gasteiger partial charge in [0.2, 0.25) is 5.78 Å². The lowest BCUT2D eigenvalue weighted by molar-refractivity contribution is -0.426. The average Bonchev–Trinajstić information content (AvgIpc) is 3.54. The zero-order valence-corrected chi connectivity index (χ0v) is 19.8. The molecule has 4 heterocycles. The molecule has 33 heavy (non-hydrogen) atoms. The van der Waals surface area contributed by atoms with E-state index in [0.29, 0.717) is 37.3 Å². The summed E-state index contributed by atoms with van der Waals surface area (Å²) in [6.45, 7) is 4.44. The minimum Gasteiger partial charge on any atom is -0.360 e. The highest BCUT2D eigenvalue weighted by molar-refractivity contribution is 7.99. The van der Waals surface area contributed by atoms with E-state index in [1.807, 2.05) is 38.1 Å². The van der Waals surface area contributed by atoms with Gasteiger partial charge in [0.15, 0.2) is 0 Å². The summed E-state index contributed by atoms with van der Waals surface area (Å²) < 4.78 is 2.71. The van der Waals surface area contributed by atoms with Crippen molar-refractivity contribution in [2.45, 2.75) is 30.4 Å². The number of H-pyrrole nitrogens is 3. The largest absolute Gasteiger partial charge is 0.360 e. The van der Waals surface area contributed by atoms with E-state index in [-0.39, 0.29) is 11.7 Å². The monoisotopic (exact) mass is 481 g/mol. The number of ketones is 1. The van der Waals surface area contributed by atoms with E-state index in [0.717, 1.165) is 15.5 Å². The maximum Gasteiger partial charge on any atom is 0.331 e. The van der Waals surface area contributed by atoms with Gasteiger partial charge in [-0.05, 0) is 23.7 Å². The number of hydrogen-bond donors (Lipinski definition) is 2. The highest BCUT2D eigenvalue weighted by Gasteiger charge is 2.28. The smallest absolute Gasteiger partial charge is 0.331 e. The molecule has 3 N–H and O–H groups in total. The highest BCUT2D eigenvalue weighted by Crippen LogP contribution is 2.40. The predicted octanol–water partition coefficient (Wildman–Crippen LogP) is 2.82. The van der Waals surface area contributed by atoms with Crippen LogP contribution in [0.3, 0.4) is 0 Å². The Kier molecular flexibility index (Phi) is 5.29. The molecule has 9 nitrogen and oxygen atoms in total. The van der Waals surface area contributed by atoms with Crippen LogP contribution < -0.4 is 16.2 Å². The molecule has 4 aromatic heterocycles. The van der Waals surface area contributed by atoms with Crippen molar-refractivity contribution in [3.63, 3.8) is 0 Å². The molecule has 0 amide bonds. The van der Waals surface area contributed by atoms with Crippen LogP contribution in [0.4, 0.5) is 0 Å². The number of benzene rings is 1. The first-order valence-corrected chi connectivity index (χ1v) is 12.0. The summed E-state index contributed by atoms with van der Waals surface area (Å²) in [6.07, 6.45) is 3.18. The molecule has 5 aromatic rings. The number of nitrogens with one attached hydrogen (secondary N) is 3. The van der Waals surface area contributed by atoms with Crippen LogP contribution in [0, 0.1) is 5.92 Å². The number of rotatable bonds is 6. The van der Waals surface area contributed by atoms with E-state index in [1.54, 1.807) is 10.8 Å². The summed E-state index contributed by atoms with van der Waals surface area (Å²) in [4.78, 5) is 47.5. The number of carbonyl (C=O) groups is 1. The van der Waals surface area contributed by atoms with Crippen molar-refractivity contribution in [3.05, 3.63) is 68.1 Å². The summed E-state index contributed by atoms with van der Waals surface area (Å²) in [5, 5.41) is 8.50. The normalized spacial score (nSPS) is 11.8. The molecule has 0 aliphatic carbocycles. The second-order valence-electron chi connectivity index (χ2n) is 8.11. The molecule has 0 aliphatic rings. The standard InChI is InChI=1S/C22H20N6O3S2/c1-11(2)9-28-20-15(19(30)27(3)22(28)31)17(33-21-24-10-25-26-21)18(32-20)16(29)13-8-23-14-7-5-4-6-12(13)14/h4-8,10-11,23H,9H2,1-3H3,(H,24,25,26)/p+1. The van der Waals surface area contributed by atoms with Crippen LogP contribution in [0.25, 0.3) is 21.1 Å². The lowest BCUT2D eigenvalue weighted by atomic mass is 10.1. The fourth-order valence-corrected chi connectivity index (χ4v) is 6.17. The van der Waals surface area contributed by atoms with Crippen molar-refractivity contribution in [1.29, 1.82) is 0 Å². The Labute approximate surface area is 195 Å². The summed E-state index contributed by atoms with van der Waals surface area (Å²) in [5.41, 5.74) is 0.553. The molecule has 0 saturated heterocycles. The van der Waals surface area contributed by atoms with Gasteiger partial charge in [-0.25, -0.2) is 9.78 Å². The molecule has 0 unspecified atom stereocenters. The quantitative estimate of drug-likeness (QED) is 0.362. The van der Waals surface area contributed by atoms with Gasteiger partial charge in [-0.3, -0.25) is 18.7 Å². The number of nitrogens with zero attached hydrogens (tertiary/aromatic N) is 3. The first-order valence-electron chi connectivity index (χ1n) is 10.3. The highest BCUT2D eigenvalue weighted by atomic mass is 32.2. The summed E-state index contributed by atoms with van der Waals surface area (Å²) >= 11 is 2.40. The van der Waals surface area contributed by atoms with Crippen molar-refractivity contribution in [2.24, 2.45) is 13.0 Å². The van der Waals surface area contributed by atoms with Crippen LogP contribution in [0.5, 0.6) is 0 Å². The van der Waals surface area contributed by atoms with Crippen molar-refractivity contribution in [1.82, 2.24) is 24.3 Å². The predicted molar refractivity (Wildman–Crippen MR) is 127 cm³/mol. The topological polar surface area (TPSA) is 120 Å². The summed E-state index contributed by atoms with van der Waals surface area (Å²) in [7, 11) is 1.47. The Morgan fingerprint density at radius 2 is 2.06 bits per heavy atom. The molecule has 0 spiro atoms. The number of carbonyl (C=O) groups excluding carboxylic acids is 1. The van der Waals surface area contributed by atoms with E-state index in [2.05, 4.69) is 20.2 Å². The van der Waals surface area contributed by atoms with Crippen LogP contribution in [0.1, 0.15) is 29.1 Å². The van der Waals surface area contributed by atoms with E-state index >= 15 is 0 Å². The van der Waals surface area contributed by atoms with Gasteiger partial charge in [-0.15, -0.1) is 16.4 Å². The van der Waals surface area contributed by atoms with Gasteiger partial charge in [-0.2, -0.15) is 0 Å².